The van der Waals surface area contributed by atoms with Gasteiger partial charge in [0.1, 0.15) is 11.6 Å². The molecule has 0 aliphatic heterocycles. The van der Waals surface area contributed by atoms with Crippen LogP contribution in [0.1, 0.15) is 22.7 Å². The van der Waals surface area contributed by atoms with Crippen LogP contribution in [0.3, 0.4) is 0 Å². The average Bonchev–Trinajstić information content (AvgIpc) is 2.41. The van der Waals surface area contributed by atoms with Crippen LogP contribution in [-0.4, -0.2) is 0 Å². The number of hydrazine groups is 1. The summed E-state index contributed by atoms with van der Waals surface area (Å²) in [4.78, 5) is 0. The predicted octanol–water partition coefficient (Wildman–Crippen LogP) is 3.67. The summed E-state index contributed by atoms with van der Waals surface area (Å²) in [6.45, 7) is 1.93. The Bertz CT molecular complexity index is 617. The first-order valence-corrected chi connectivity index (χ1v) is 6.55. The van der Waals surface area contributed by atoms with Crippen molar-refractivity contribution in [2.75, 3.05) is 0 Å². The Labute approximate surface area is 121 Å². The third-order valence-electron chi connectivity index (χ3n) is 3.17. The summed E-state index contributed by atoms with van der Waals surface area (Å²) in [5.41, 5.74) is 4.55. The molecule has 3 N–H and O–H groups in total. The molecular formula is C15H15ClF2N2. The van der Waals surface area contributed by atoms with Crippen molar-refractivity contribution in [3.8, 4) is 0 Å². The zero-order chi connectivity index (χ0) is 14.7. The minimum absolute atomic E-state index is 0.184. The van der Waals surface area contributed by atoms with E-state index in [9.17, 15) is 8.78 Å². The number of nitrogens with one attached hydrogen (secondary N) is 1. The molecule has 2 aromatic carbocycles. The molecule has 0 aliphatic carbocycles. The quantitative estimate of drug-likeness (QED) is 0.667. The minimum atomic E-state index is -0.550. The van der Waals surface area contributed by atoms with E-state index in [4.69, 9.17) is 17.4 Å². The molecule has 0 bridgehead atoms. The van der Waals surface area contributed by atoms with Crippen molar-refractivity contribution in [1.29, 1.82) is 0 Å². The number of rotatable bonds is 4. The van der Waals surface area contributed by atoms with Crippen molar-refractivity contribution in [3.63, 3.8) is 0 Å². The van der Waals surface area contributed by atoms with Gasteiger partial charge in [-0.2, -0.15) is 0 Å². The second-order valence-corrected chi connectivity index (χ2v) is 5.09. The van der Waals surface area contributed by atoms with Gasteiger partial charge in [-0.3, -0.25) is 11.3 Å². The van der Waals surface area contributed by atoms with Crippen LogP contribution in [0.5, 0.6) is 0 Å². The van der Waals surface area contributed by atoms with E-state index >= 15 is 0 Å². The van der Waals surface area contributed by atoms with Crippen molar-refractivity contribution in [2.24, 2.45) is 5.84 Å². The number of halogens is 3. The Balaban J connectivity index is 2.31. The molecule has 0 fully saturated rings. The maximum atomic E-state index is 13.8. The van der Waals surface area contributed by atoms with E-state index in [1.165, 1.54) is 0 Å². The fourth-order valence-electron chi connectivity index (χ4n) is 2.08. The number of benzene rings is 2. The van der Waals surface area contributed by atoms with Gasteiger partial charge in [-0.1, -0.05) is 23.7 Å². The lowest BCUT2D eigenvalue weighted by Gasteiger charge is -2.18. The smallest absolute Gasteiger partial charge is 0.128 e. The van der Waals surface area contributed by atoms with Gasteiger partial charge in [-0.25, -0.2) is 8.78 Å². The van der Waals surface area contributed by atoms with E-state index in [1.54, 1.807) is 0 Å². The van der Waals surface area contributed by atoms with Gasteiger partial charge in [0.25, 0.3) is 0 Å². The van der Waals surface area contributed by atoms with Crippen LogP contribution in [0, 0.1) is 18.6 Å². The summed E-state index contributed by atoms with van der Waals surface area (Å²) in [6.07, 6.45) is 0.371. The van der Waals surface area contributed by atoms with Gasteiger partial charge in [0.15, 0.2) is 0 Å². The van der Waals surface area contributed by atoms with Crippen molar-refractivity contribution < 1.29 is 8.78 Å². The first kappa shape index (κ1) is 14.9. The lowest BCUT2D eigenvalue weighted by atomic mass is 9.98. The first-order valence-electron chi connectivity index (χ1n) is 6.17. The van der Waals surface area contributed by atoms with Crippen LogP contribution >= 0.6 is 11.6 Å². The Morgan fingerprint density at radius 3 is 2.60 bits per heavy atom. The summed E-state index contributed by atoms with van der Waals surface area (Å²) in [5.74, 6) is 4.46. The normalized spacial score (nSPS) is 12.4. The van der Waals surface area contributed by atoms with E-state index in [0.29, 0.717) is 11.4 Å². The Morgan fingerprint density at radius 2 is 1.95 bits per heavy atom. The molecule has 2 nitrogen and oxygen atoms in total. The fourth-order valence-corrected chi connectivity index (χ4v) is 2.39. The van der Waals surface area contributed by atoms with Crippen molar-refractivity contribution in [3.05, 3.63) is 69.7 Å². The molecule has 0 heterocycles. The third kappa shape index (κ3) is 3.33. The lowest BCUT2D eigenvalue weighted by molar-refractivity contribution is 0.502. The Kier molecular flexibility index (Phi) is 4.70. The monoisotopic (exact) mass is 296 g/mol. The lowest BCUT2D eigenvalue weighted by Crippen LogP contribution is -2.30. The van der Waals surface area contributed by atoms with Crippen LogP contribution in [0.4, 0.5) is 8.78 Å². The van der Waals surface area contributed by atoms with Gasteiger partial charge >= 0.3 is 0 Å². The van der Waals surface area contributed by atoms with Crippen LogP contribution in [0.25, 0.3) is 0 Å². The zero-order valence-corrected chi connectivity index (χ0v) is 11.7. The van der Waals surface area contributed by atoms with E-state index < -0.39 is 17.7 Å². The molecule has 0 saturated carbocycles. The highest BCUT2D eigenvalue weighted by Crippen LogP contribution is 2.26. The molecule has 0 aromatic heterocycles. The summed E-state index contributed by atoms with van der Waals surface area (Å²) in [7, 11) is 0. The van der Waals surface area contributed by atoms with Crippen LogP contribution in [0.2, 0.25) is 5.02 Å². The summed E-state index contributed by atoms with van der Waals surface area (Å²) in [6, 6.07) is 8.35. The number of aryl methyl sites for hydroxylation is 1. The van der Waals surface area contributed by atoms with Crippen LogP contribution < -0.4 is 11.3 Å². The SMILES string of the molecule is Cc1ccc(CC(NN)c2cc(F)ccc2F)c(Cl)c1. The summed E-state index contributed by atoms with van der Waals surface area (Å²) in [5, 5.41) is 0.585. The molecular weight excluding hydrogens is 282 g/mol. The summed E-state index contributed by atoms with van der Waals surface area (Å²) >= 11 is 6.15. The van der Waals surface area contributed by atoms with Gasteiger partial charge in [-0.05, 0) is 48.7 Å². The second-order valence-electron chi connectivity index (χ2n) is 4.68. The highest BCUT2D eigenvalue weighted by atomic mass is 35.5. The molecule has 1 unspecified atom stereocenters. The van der Waals surface area contributed by atoms with Crippen LogP contribution in [-0.2, 0) is 6.42 Å². The van der Waals surface area contributed by atoms with Crippen molar-refractivity contribution in [2.45, 2.75) is 19.4 Å². The molecule has 106 valence electrons. The first-order chi connectivity index (χ1) is 9.51. The molecule has 0 saturated heterocycles. The molecule has 0 amide bonds. The topological polar surface area (TPSA) is 38.0 Å². The standard InChI is InChI=1S/C15H15ClF2N2/c1-9-2-3-10(13(16)6-9)7-15(20-19)12-8-11(17)4-5-14(12)18/h2-6,8,15,20H,7,19H2,1H3. The minimum Gasteiger partial charge on any atom is -0.271 e. The third-order valence-corrected chi connectivity index (χ3v) is 3.52. The second kappa shape index (κ2) is 6.31. The number of hydrogen-bond donors (Lipinski definition) is 2. The molecule has 0 aliphatic rings. The maximum Gasteiger partial charge on any atom is 0.128 e. The fraction of sp³-hybridized carbons (Fsp3) is 0.200. The Hall–Kier alpha value is -1.49. The maximum absolute atomic E-state index is 13.8. The van der Waals surface area contributed by atoms with Crippen LogP contribution in [0.15, 0.2) is 36.4 Å². The van der Waals surface area contributed by atoms with Gasteiger partial charge in [0, 0.05) is 10.6 Å². The number of nitrogens with two attached hydrogens (primary N) is 1. The molecule has 0 spiro atoms. The van der Waals surface area contributed by atoms with Crippen molar-refractivity contribution >= 4 is 11.6 Å². The molecule has 2 rings (SSSR count). The highest BCUT2D eigenvalue weighted by Gasteiger charge is 2.17. The van der Waals surface area contributed by atoms with Gasteiger partial charge in [0.05, 0.1) is 6.04 Å². The van der Waals surface area contributed by atoms with Gasteiger partial charge < -0.3 is 0 Å². The van der Waals surface area contributed by atoms with Gasteiger partial charge in [-0.15, -0.1) is 0 Å². The van der Waals surface area contributed by atoms with E-state index in [1.807, 2.05) is 25.1 Å². The van der Waals surface area contributed by atoms with E-state index in [-0.39, 0.29) is 5.56 Å². The predicted molar refractivity (Wildman–Crippen MR) is 76.3 cm³/mol. The molecule has 20 heavy (non-hydrogen) atoms. The number of hydrogen-bond acceptors (Lipinski definition) is 2. The summed E-state index contributed by atoms with van der Waals surface area (Å²) < 4.78 is 27.0. The Morgan fingerprint density at radius 1 is 1.20 bits per heavy atom. The van der Waals surface area contributed by atoms with Gasteiger partial charge in [0.2, 0.25) is 0 Å². The molecule has 1 atom stereocenters. The average molecular weight is 297 g/mol. The molecule has 5 heteroatoms. The largest absolute Gasteiger partial charge is 0.271 e. The van der Waals surface area contributed by atoms with E-state index in [0.717, 1.165) is 29.3 Å². The molecule has 0 radical (unpaired) electrons. The highest BCUT2D eigenvalue weighted by molar-refractivity contribution is 6.31. The van der Waals surface area contributed by atoms with Crippen molar-refractivity contribution in [1.82, 2.24) is 5.43 Å². The van der Waals surface area contributed by atoms with E-state index in [2.05, 4.69) is 5.43 Å². The zero-order valence-electron chi connectivity index (χ0n) is 11.0. The molecule has 2 aromatic rings.